The highest BCUT2D eigenvalue weighted by Gasteiger charge is 2.30. The van der Waals surface area contributed by atoms with Crippen molar-refractivity contribution in [3.63, 3.8) is 0 Å². The van der Waals surface area contributed by atoms with Crippen LogP contribution < -0.4 is 5.32 Å². The van der Waals surface area contributed by atoms with Crippen molar-refractivity contribution >= 4 is 32.4 Å². The molecule has 8 heteroatoms. The summed E-state index contributed by atoms with van der Waals surface area (Å²) in [5, 5.41) is 5.24. The number of nitrogens with one attached hydrogen (secondary N) is 1. The highest BCUT2D eigenvalue weighted by molar-refractivity contribution is 7.89. The predicted octanol–water partition coefficient (Wildman–Crippen LogP) is 5.24. The fraction of sp³-hybridized carbons (Fsp3) is 0.333. The molecule has 0 saturated heterocycles. The molecule has 0 aliphatic heterocycles. The number of hydrogen-bond acceptors (Lipinski definition) is 5. The molecule has 1 saturated carbocycles. The molecule has 168 valence electrons. The first kappa shape index (κ1) is 22.6. The Kier molecular flexibility index (Phi) is 6.46. The lowest BCUT2D eigenvalue weighted by atomic mass is 10.0. The van der Waals surface area contributed by atoms with Crippen LogP contribution in [0.3, 0.4) is 0 Å². The van der Waals surface area contributed by atoms with E-state index in [9.17, 15) is 13.2 Å². The lowest BCUT2D eigenvalue weighted by Gasteiger charge is -2.23. The molecule has 1 N–H and O–H groups in total. The molecule has 1 aliphatic rings. The summed E-state index contributed by atoms with van der Waals surface area (Å²) in [5.41, 5.74) is 4.53. The van der Waals surface area contributed by atoms with Gasteiger partial charge in [0.2, 0.25) is 10.0 Å². The van der Waals surface area contributed by atoms with Crippen molar-refractivity contribution in [1.29, 1.82) is 0 Å². The Balaban J connectivity index is 1.47. The van der Waals surface area contributed by atoms with Gasteiger partial charge in [0.25, 0.3) is 5.91 Å². The lowest BCUT2D eigenvalue weighted by Crippen LogP contribution is -2.35. The standard InChI is InChI=1S/C24H27N3O3S2/c1-16-8-9-17(2)21(14-16)22-15-31-24(25-22)26-23(28)18-10-12-20(13-11-18)32(29,30)27(3)19-6-4-5-7-19/h8-15,19H,4-7H2,1-3H3,(H,25,26,28). The van der Waals surface area contributed by atoms with Crippen molar-refractivity contribution < 1.29 is 13.2 Å². The van der Waals surface area contributed by atoms with Crippen molar-refractivity contribution in [3.05, 3.63) is 64.5 Å². The SMILES string of the molecule is Cc1ccc(C)c(-c2csc(NC(=O)c3ccc(S(=O)(=O)N(C)C4CCCC4)cc3)n2)c1. The first-order valence-corrected chi connectivity index (χ1v) is 13.0. The van der Waals surface area contributed by atoms with Crippen LogP contribution in [0.5, 0.6) is 0 Å². The van der Waals surface area contributed by atoms with Gasteiger partial charge < -0.3 is 0 Å². The zero-order chi connectivity index (χ0) is 22.9. The van der Waals surface area contributed by atoms with Gasteiger partial charge in [0.1, 0.15) is 0 Å². The fourth-order valence-corrected chi connectivity index (χ4v) is 6.17. The monoisotopic (exact) mass is 469 g/mol. The largest absolute Gasteiger partial charge is 0.298 e. The maximum absolute atomic E-state index is 12.9. The number of aromatic nitrogens is 1. The summed E-state index contributed by atoms with van der Waals surface area (Å²) >= 11 is 1.36. The van der Waals surface area contributed by atoms with E-state index in [1.165, 1.54) is 27.8 Å². The fourth-order valence-electron chi connectivity index (χ4n) is 4.04. The summed E-state index contributed by atoms with van der Waals surface area (Å²) in [6, 6.07) is 12.3. The van der Waals surface area contributed by atoms with Gasteiger partial charge in [0.05, 0.1) is 10.6 Å². The Labute approximate surface area is 193 Å². The highest BCUT2D eigenvalue weighted by Crippen LogP contribution is 2.29. The first-order valence-electron chi connectivity index (χ1n) is 10.7. The minimum absolute atomic E-state index is 0.0547. The average molecular weight is 470 g/mol. The highest BCUT2D eigenvalue weighted by atomic mass is 32.2. The average Bonchev–Trinajstić information content (AvgIpc) is 3.47. The van der Waals surface area contributed by atoms with E-state index >= 15 is 0 Å². The molecule has 0 radical (unpaired) electrons. The molecule has 1 amide bonds. The molecule has 2 aromatic carbocycles. The number of amides is 1. The number of nitrogens with zero attached hydrogens (tertiary/aromatic N) is 2. The van der Waals surface area contributed by atoms with E-state index in [2.05, 4.69) is 28.5 Å². The van der Waals surface area contributed by atoms with Gasteiger partial charge in [-0.15, -0.1) is 11.3 Å². The first-order chi connectivity index (χ1) is 15.3. The number of rotatable bonds is 6. The maximum Gasteiger partial charge on any atom is 0.257 e. The number of carbonyl (C=O) groups is 1. The van der Waals surface area contributed by atoms with E-state index in [0.29, 0.717) is 10.7 Å². The second-order valence-corrected chi connectivity index (χ2v) is 11.1. The second kappa shape index (κ2) is 9.13. The van der Waals surface area contributed by atoms with Crippen LogP contribution in [0.15, 0.2) is 52.7 Å². The van der Waals surface area contributed by atoms with Crippen LogP contribution in [0.2, 0.25) is 0 Å². The molecular weight excluding hydrogens is 442 g/mol. The molecule has 32 heavy (non-hydrogen) atoms. The third-order valence-corrected chi connectivity index (χ3v) is 8.71. The van der Waals surface area contributed by atoms with Crippen LogP contribution in [-0.4, -0.2) is 36.7 Å². The molecule has 0 bridgehead atoms. The van der Waals surface area contributed by atoms with Gasteiger partial charge in [-0.1, -0.05) is 30.5 Å². The number of carbonyl (C=O) groups excluding carboxylic acids is 1. The summed E-state index contributed by atoms with van der Waals surface area (Å²) < 4.78 is 27.3. The normalized spacial score (nSPS) is 14.8. The van der Waals surface area contributed by atoms with E-state index in [1.807, 2.05) is 19.2 Å². The van der Waals surface area contributed by atoms with Crippen LogP contribution in [0, 0.1) is 13.8 Å². The second-order valence-electron chi connectivity index (χ2n) is 8.29. The van der Waals surface area contributed by atoms with Gasteiger partial charge in [0, 0.05) is 29.6 Å². The quantitative estimate of drug-likeness (QED) is 0.535. The molecule has 4 rings (SSSR count). The van der Waals surface area contributed by atoms with Crippen molar-refractivity contribution in [3.8, 4) is 11.3 Å². The van der Waals surface area contributed by atoms with E-state index in [1.54, 1.807) is 19.2 Å². The molecular formula is C24H27N3O3S2. The Morgan fingerprint density at radius 3 is 2.47 bits per heavy atom. The third-order valence-electron chi connectivity index (χ3n) is 6.03. The minimum atomic E-state index is -3.57. The Morgan fingerprint density at radius 2 is 1.78 bits per heavy atom. The third kappa shape index (κ3) is 4.62. The Hall–Kier alpha value is -2.55. The lowest BCUT2D eigenvalue weighted by molar-refractivity contribution is 0.102. The van der Waals surface area contributed by atoms with Crippen molar-refractivity contribution in [2.45, 2.75) is 50.5 Å². The van der Waals surface area contributed by atoms with Gasteiger partial charge in [-0.2, -0.15) is 4.31 Å². The van der Waals surface area contributed by atoms with Crippen LogP contribution in [0.1, 0.15) is 47.2 Å². The maximum atomic E-state index is 12.9. The van der Waals surface area contributed by atoms with E-state index < -0.39 is 10.0 Å². The van der Waals surface area contributed by atoms with Crippen molar-refractivity contribution in [2.24, 2.45) is 0 Å². The molecule has 0 atom stereocenters. The summed E-state index contributed by atoms with van der Waals surface area (Å²) in [7, 11) is -1.93. The number of aryl methyl sites for hydroxylation is 2. The number of sulfonamides is 1. The summed E-state index contributed by atoms with van der Waals surface area (Å²) in [4.78, 5) is 17.4. The molecule has 1 heterocycles. The topological polar surface area (TPSA) is 79.4 Å². The number of hydrogen-bond donors (Lipinski definition) is 1. The van der Waals surface area contributed by atoms with Gasteiger partial charge >= 0.3 is 0 Å². The molecule has 1 aliphatic carbocycles. The summed E-state index contributed by atoms with van der Waals surface area (Å²) in [6.45, 7) is 4.07. The zero-order valence-electron chi connectivity index (χ0n) is 18.5. The van der Waals surface area contributed by atoms with Gasteiger partial charge in [-0.05, 0) is 62.6 Å². The minimum Gasteiger partial charge on any atom is -0.298 e. The van der Waals surface area contributed by atoms with Crippen LogP contribution in [0.4, 0.5) is 5.13 Å². The van der Waals surface area contributed by atoms with E-state index in [4.69, 9.17) is 0 Å². The Morgan fingerprint density at radius 1 is 1.09 bits per heavy atom. The molecule has 0 spiro atoms. The molecule has 6 nitrogen and oxygen atoms in total. The number of anilines is 1. The molecule has 1 aromatic heterocycles. The van der Waals surface area contributed by atoms with Crippen molar-refractivity contribution in [2.75, 3.05) is 12.4 Å². The van der Waals surface area contributed by atoms with E-state index in [-0.39, 0.29) is 16.8 Å². The van der Waals surface area contributed by atoms with Crippen molar-refractivity contribution in [1.82, 2.24) is 9.29 Å². The summed E-state index contributed by atoms with van der Waals surface area (Å²) in [5.74, 6) is -0.319. The Bertz CT molecular complexity index is 1230. The van der Waals surface area contributed by atoms with Crippen LogP contribution >= 0.6 is 11.3 Å². The summed E-state index contributed by atoms with van der Waals surface area (Å²) in [6.07, 6.45) is 3.92. The smallest absolute Gasteiger partial charge is 0.257 e. The van der Waals surface area contributed by atoms with Gasteiger partial charge in [0.15, 0.2) is 5.13 Å². The number of benzene rings is 2. The van der Waals surface area contributed by atoms with Crippen LogP contribution in [0.25, 0.3) is 11.3 Å². The number of thiazole rings is 1. The van der Waals surface area contributed by atoms with E-state index in [0.717, 1.165) is 48.1 Å². The zero-order valence-corrected chi connectivity index (χ0v) is 20.1. The molecule has 1 fully saturated rings. The molecule has 3 aromatic rings. The molecule has 0 unspecified atom stereocenters. The van der Waals surface area contributed by atoms with Gasteiger partial charge in [-0.3, -0.25) is 10.1 Å². The predicted molar refractivity (Wildman–Crippen MR) is 129 cm³/mol. The van der Waals surface area contributed by atoms with Gasteiger partial charge in [-0.25, -0.2) is 13.4 Å². The van der Waals surface area contributed by atoms with Crippen LogP contribution in [-0.2, 0) is 10.0 Å².